The number of nitrogens with two attached hydrogens (primary N) is 1. The zero-order valence-corrected chi connectivity index (χ0v) is 16.0. The van der Waals surface area contributed by atoms with Gasteiger partial charge >= 0.3 is 0 Å². The number of halogens is 1. The molecule has 0 saturated carbocycles. The SMILES string of the molecule is N#C/C(=C\c1ccc(OCC(N)=O)c(Br)c1)C(=O)NCCc1ccccc1. The maximum Gasteiger partial charge on any atom is 0.261 e. The summed E-state index contributed by atoms with van der Waals surface area (Å²) in [6.07, 6.45) is 2.17. The number of hydrogen-bond donors (Lipinski definition) is 2. The standard InChI is InChI=1S/C20H18BrN3O3/c21-17-11-15(6-7-18(17)27-13-19(23)25)10-16(12-22)20(26)24-9-8-14-4-2-1-3-5-14/h1-7,10-11H,8-9,13H2,(H2,23,25)(H,24,26)/b16-10+. The molecule has 2 aromatic rings. The maximum absolute atomic E-state index is 12.2. The van der Waals surface area contributed by atoms with Crippen LogP contribution in [0.3, 0.4) is 0 Å². The van der Waals surface area contributed by atoms with Gasteiger partial charge in [0.1, 0.15) is 17.4 Å². The van der Waals surface area contributed by atoms with Gasteiger partial charge in [0.05, 0.1) is 4.47 Å². The minimum Gasteiger partial charge on any atom is -0.483 e. The zero-order valence-electron chi connectivity index (χ0n) is 14.4. The predicted octanol–water partition coefficient (Wildman–Crippen LogP) is 2.58. The molecule has 0 bridgehead atoms. The minimum atomic E-state index is -0.579. The average Bonchev–Trinajstić information content (AvgIpc) is 2.66. The Morgan fingerprint density at radius 1 is 1.22 bits per heavy atom. The number of ether oxygens (including phenoxy) is 1. The number of rotatable bonds is 8. The van der Waals surface area contributed by atoms with Crippen molar-refractivity contribution in [2.24, 2.45) is 5.73 Å². The van der Waals surface area contributed by atoms with Gasteiger partial charge in [-0.2, -0.15) is 5.26 Å². The van der Waals surface area contributed by atoms with E-state index in [9.17, 15) is 14.9 Å². The molecule has 0 aliphatic carbocycles. The van der Waals surface area contributed by atoms with Crippen molar-refractivity contribution >= 4 is 33.8 Å². The Bertz CT molecular complexity index is 889. The Hall–Kier alpha value is -3.11. The van der Waals surface area contributed by atoms with Crippen molar-refractivity contribution in [1.29, 1.82) is 5.26 Å². The average molecular weight is 428 g/mol. The highest BCUT2D eigenvalue weighted by molar-refractivity contribution is 9.10. The summed E-state index contributed by atoms with van der Waals surface area (Å²) in [5.41, 5.74) is 6.79. The first-order chi connectivity index (χ1) is 13.0. The smallest absolute Gasteiger partial charge is 0.261 e. The lowest BCUT2D eigenvalue weighted by molar-refractivity contribution is -0.120. The van der Waals surface area contributed by atoms with Crippen molar-refractivity contribution in [2.75, 3.05) is 13.2 Å². The quantitative estimate of drug-likeness (QED) is 0.498. The van der Waals surface area contributed by atoms with Crippen LogP contribution in [0.5, 0.6) is 5.75 Å². The van der Waals surface area contributed by atoms with E-state index in [1.54, 1.807) is 18.2 Å². The molecule has 27 heavy (non-hydrogen) atoms. The Morgan fingerprint density at radius 2 is 1.96 bits per heavy atom. The molecule has 7 heteroatoms. The van der Waals surface area contributed by atoms with Crippen molar-refractivity contribution in [3.63, 3.8) is 0 Å². The molecular formula is C20H18BrN3O3. The molecule has 0 unspecified atom stereocenters. The zero-order chi connectivity index (χ0) is 19.6. The van der Waals surface area contributed by atoms with Gasteiger partial charge in [-0.15, -0.1) is 0 Å². The van der Waals surface area contributed by atoms with Crippen LogP contribution in [-0.2, 0) is 16.0 Å². The second kappa shape index (κ2) is 10.1. The molecule has 0 heterocycles. The van der Waals surface area contributed by atoms with E-state index in [0.29, 0.717) is 28.8 Å². The van der Waals surface area contributed by atoms with Crippen molar-refractivity contribution in [2.45, 2.75) is 6.42 Å². The molecule has 138 valence electrons. The van der Waals surface area contributed by atoms with Gasteiger partial charge in [0.15, 0.2) is 6.61 Å². The van der Waals surface area contributed by atoms with Crippen LogP contribution in [0.25, 0.3) is 6.08 Å². The Labute approximate surface area is 165 Å². The lowest BCUT2D eigenvalue weighted by atomic mass is 10.1. The third-order valence-electron chi connectivity index (χ3n) is 3.54. The number of carbonyl (C=O) groups is 2. The third kappa shape index (κ3) is 6.60. The summed E-state index contributed by atoms with van der Waals surface area (Å²) < 4.78 is 5.82. The molecule has 2 rings (SSSR count). The van der Waals surface area contributed by atoms with Crippen LogP contribution in [0.1, 0.15) is 11.1 Å². The molecule has 0 aliphatic rings. The van der Waals surface area contributed by atoms with E-state index in [-0.39, 0.29) is 12.2 Å². The summed E-state index contributed by atoms with van der Waals surface area (Å²) in [4.78, 5) is 23.0. The van der Waals surface area contributed by atoms with Crippen molar-refractivity contribution < 1.29 is 14.3 Å². The number of nitriles is 1. The van der Waals surface area contributed by atoms with Crippen molar-refractivity contribution in [3.8, 4) is 11.8 Å². The van der Waals surface area contributed by atoms with E-state index in [0.717, 1.165) is 5.56 Å². The van der Waals surface area contributed by atoms with Crippen LogP contribution >= 0.6 is 15.9 Å². The minimum absolute atomic E-state index is 0.000709. The fourth-order valence-electron chi connectivity index (χ4n) is 2.25. The van der Waals surface area contributed by atoms with Gasteiger partial charge in [-0.1, -0.05) is 36.4 Å². The second-order valence-corrected chi connectivity index (χ2v) is 6.46. The first-order valence-corrected chi connectivity index (χ1v) is 8.93. The summed E-state index contributed by atoms with van der Waals surface area (Å²) in [6.45, 7) is 0.201. The topological polar surface area (TPSA) is 105 Å². The molecule has 3 N–H and O–H groups in total. The lowest BCUT2D eigenvalue weighted by Gasteiger charge is -2.07. The third-order valence-corrected chi connectivity index (χ3v) is 4.16. The molecule has 2 amide bonds. The van der Waals surface area contributed by atoms with Crippen molar-refractivity contribution in [3.05, 3.63) is 69.7 Å². The molecule has 0 atom stereocenters. The van der Waals surface area contributed by atoms with E-state index in [4.69, 9.17) is 10.5 Å². The van der Waals surface area contributed by atoms with Gasteiger partial charge in [0.25, 0.3) is 11.8 Å². The number of carbonyl (C=O) groups excluding carboxylic acids is 2. The molecule has 0 aromatic heterocycles. The van der Waals surface area contributed by atoms with Gasteiger partial charge in [-0.3, -0.25) is 9.59 Å². The molecule has 0 spiro atoms. The van der Waals surface area contributed by atoms with E-state index in [1.807, 2.05) is 36.4 Å². The summed E-state index contributed by atoms with van der Waals surface area (Å²) >= 11 is 3.32. The number of nitrogens with one attached hydrogen (secondary N) is 1. The van der Waals surface area contributed by atoms with Gasteiger partial charge in [0, 0.05) is 6.54 Å². The van der Waals surface area contributed by atoms with Crippen LogP contribution < -0.4 is 15.8 Å². The first-order valence-electron chi connectivity index (χ1n) is 8.14. The number of amides is 2. The van der Waals surface area contributed by atoms with Gasteiger partial charge in [0.2, 0.25) is 0 Å². The number of primary amides is 1. The maximum atomic E-state index is 12.2. The molecule has 2 aromatic carbocycles. The molecular weight excluding hydrogens is 410 g/mol. The summed E-state index contributed by atoms with van der Waals surface area (Å²) in [5, 5.41) is 12.0. The fraction of sp³-hybridized carbons (Fsp3) is 0.150. The molecule has 0 fully saturated rings. The van der Waals surface area contributed by atoms with Gasteiger partial charge in [-0.25, -0.2) is 0 Å². The second-order valence-electron chi connectivity index (χ2n) is 5.61. The Balaban J connectivity index is 1.99. The van der Waals surface area contributed by atoms with E-state index in [1.165, 1.54) is 6.08 Å². The van der Waals surface area contributed by atoms with Gasteiger partial charge < -0.3 is 15.8 Å². The lowest BCUT2D eigenvalue weighted by Crippen LogP contribution is -2.26. The fourth-order valence-corrected chi connectivity index (χ4v) is 2.76. The highest BCUT2D eigenvalue weighted by atomic mass is 79.9. The summed E-state index contributed by atoms with van der Waals surface area (Å²) in [7, 11) is 0. The number of hydrogen-bond acceptors (Lipinski definition) is 4. The highest BCUT2D eigenvalue weighted by Gasteiger charge is 2.10. The largest absolute Gasteiger partial charge is 0.483 e. The summed E-state index contributed by atoms with van der Waals surface area (Å²) in [5.74, 6) is -0.569. The van der Waals surface area contributed by atoms with E-state index < -0.39 is 11.8 Å². The van der Waals surface area contributed by atoms with Gasteiger partial charge in [-0.05, 0) is 51.7 Å². The van der Waals surface area contributed by atoms with Crippen LogP contribution in [-0.4, -0.2) is 25.0 Å². The number of benzene rings is 2. The predicted molar refractivity (Wildman–Crippen MR) is 106 cm³/mol. The highest BCUT2D eigenvalue weighted by Crippen LogP contribution is 2.26. The monoisotopic (exact) mass is 427 g/mol. The normalized spacial score (nSPS) is 10.7. The Morgan fingerprint density at radius 3 is 2.59 bits per heavy atom. The van der Waals surface area contributed by atoms with Crippen molar-refractivity contribution in [1.82, 2.24) is 5.32 Å². The van der Waals surface area contributed by atoms with Crippen LogP contribution in [0.2, 0.25) is 0 Å². The van der Waals surface area contributed by atoms with E-state index >= 15 is 0 Å². The first kappa shape index (κ1) is 20.2. The Kier molecular flexibility index (Phi) is 7.59. The molecule has 0 radical (unpaired) electrons. The van der Waals surface area contributed by atoms with E-state index in [2.05, 4.69) is 21.2 Å². The molecule has 0 aliphatic heterocycles. The number of nitrogens with zero attached hydrogens (tertiary/aromatic N) is 1. The van der Waals surface area contributed by atoms with Crippen LogP contribution in [0.4, 0.5) is 0 Å². The van der Waals surface area contributed by atoms with Crippen LogP contribution in [0, 0.1) is 11.3 Å². The summed E-state index contributed by atoms with van der Waals surface area (Å²) in [6, 6.07) is 16.7. The molecule has 6 nitrogen and oxygen atoms in total. The van der Waals surface area contributed by atoms with Crippen LogP contribution in [0.15, 0.2) is 58.6 Å². The molecule has 0 saturated heterocycles.